The van der Waals surface area contributed by atoms with Crippen LogP contribution in [-0.2, 0) is 6.42 Å². The highest BCUT2D eigenvalue weighted by molar-refractivity contribution is 6.09. The summed E-state index contributed by atoms with van der Waals surface area (Å²) in [6.07, 6.45) is 0.732. The van der Waals surface area contributed by atoms with Gasteiger partial charge in [-0.3, -0.25) is 4.79 Å². The van der Waals surface area contributed by atoms with Gasteiger partial charge in [0.05, 0.1) is 5.69 Å². The van der Waals surface area contributed by atoms with Crippen LogP contribution in [0.25, 0.3) is 10.8 Å². The summed E-state index contributed by atoms with van der Waals surface area (Å²) in [5, 5.41) is 11.3. The van der Waals surface area contributed by atoms with Crippen LogP contribution in [-0.4, -0.2) is 17.6 Å². The summed E-state index contributed by atoms with van der Waals surface area (Å²) >= 11 is 0. The number of amides is 1. The van der Waals surface area contributed by atoms with Crippen molar-refractivity contribution >= 4 is 22.4 Å². The Morgan fingerprint density at radius 2 is 1.83 bits per heavy atom. The Bertz CT molecular complexity index is 936. The molecule has 1 heterocycles. The summed E-state index contributed by atoms with van der Waals surface area (Å²) in [5.74, 6) is -0.331. The van der Waals surface area contributed by atoms with E-state index >= 15 is 0 Å². The molecule has 1 aliphatic rings. The third kappa shape index (κ3) is 2.32. The Labute approximate surface area is 132 Å². The van der Waals surface area contributed by atoms with Crippen LogP contribution < -0.4 is 4.90 Å². The van der Waals surface area contributed by atoms with Crippen LogP contribution in [0.15, 0.2) is 54.6 Å². The molecule has 3 aromatic rings. The lowest BCUT2D eigenvalue weighted by atomic mass is 10.1. The summed E-state index contributed by atoms with van der Waals surface area (Å²) in [7, 11) is 0. The Morgan fingerprint density at radius 1 is 1.00 bits per heavy atom. The lowest BCUT2D eigenvalue weighted by Crippen LogP contribution is -2.28. The molecule has 0 radical (unpaired) electrons. The van der Waals surface area contributed by atoms with Crippen molar-refractivity contribution in [2.24, 2.45) is 0 Å². The van der Waals surface area contributed by atoms with Crippen molar-refractivity contribution in [3.8, 4) is 5.75 Å². The first-order valence-electron chi connectivity index (χ1n) is 7.45. The SMILES string of the molecule is O=C(c1ccc2ccc(O)cc2c1)N1CCc2ccc(F)cc21. The minimum absolute atomic E-state index is 0.153. The monoisotopic (exact) mass is 307 g/mol. The van der Waals surface area contributed by atoms with Gasteiger partial charge in [0.1, 0.15) is 11.6 Å². The van der Waals surface area contributed by atoms with E-state index in [2.05, 4.69) is 0 Å². The molecule has 0 spiro atoms. The second-order valence-corrected chi connectivity index (χ2v) is 5.73. The molecule has 0 bridgehead atoms. The number of aromatic hydroxyl groups is 1. The third-order valence-electron chi connectivity index (χ3n) is 4.26. The van der Waals surface area contributed by atoms with Gasteiger partial charge in [-0.05, 0) is 59.2 Å². The van der Waals surface area contributed by atoms with Crippen molar-refractivity contribution in [1.82, 2.24) is 0 Å². The maximum Gasteiger partial charge on any atom is 0.258 e. The van der Waals surface area contributed by atoms with Crippen LogP contribution in [0.1, 0.15) is 15.9 Å². The summed E-state index contributed by atoms with van der Waals surface area (Å²) in [5.41, 5.74) is 2.16. The number of anilines is 1. The number of fused-ring (bicyclic) bond motifs is 2. The summed E-state index contributed by atoms with van der Waals surface area (Å²) < 4.78 is 13.5. The van der Waals surface area contributed by atoms with Crippen molar-refractivity contribution in [2.45, 2.75) is 6.42 Å². The van der Waals surface area contributed by atoms with Crippen LogP contribution in [0.3, 0.4) is 0 Å². The number of hydrogen-bond donors (Lipinski definition) is 1. The largest absolute Gasteiger partial charge is 0.508 e. The zero-order valence-corrected chi connectivity index (χ0v) is 12.3. The number of phenols is 1. The van der Waals surface area contributed by atoms with E-state index in [1.807, 2.05) is 6.07 Å². The normalized spacial score (nSPS) is 13.3. The van der Waals surface area contributed by atoms with Crippen LogP contribution in [0, 0.1) is 5.82 Å². The zero-order chi connectivity index (χ0) is 16.0. The van der Waals surface area contributed by atoms with E-state index in [1.54, 1.807) is 41.3 Å². The van der Waals surface area contributed by atoms with E-state index in [0.717, 1.165) is 22.8 Å². The number of hydrogen-bond acceptors (Lipinski definition) is 2. The molecule has 0 saturated carbocycles. The average molecular weight is 307 g/mol. The zero-order valence-electron chi connectivity index (χ0n) is 12.3. The number of phenolic OH excluding ortho intramolecular Hbond substituents is 1. The Morgan fingerprint density at radius 3 is 2.70 bits per heavy atom. The van der Waals surface area contributed by atoms with Crippen LogP contribution in [0.5, 0.6) is 5.75 Å². The van der Waals surface area contributed by atoms with Gasteiger partial charge in [-0.2, -0.15) is 0 Å². The second-order valence-electron chi connectivity index (χ2n) is 5.73. The molecule has 114 valence electrons. The van der Waals surface area contributed by atoms with Crippen molar-refractivity contribution in [1.29, 1.82) is 0 Å². The fraction of sp³-hybridized carbons (Fsp3) is 0.105. The lowest BCUT2D eigenvalue weighted by molar-refractivity contribution is 0.0989. The van der Waals surface area contributed by atoms with Crippen LogP contribution in [0.4, 0.5) is 10.1 Å². The van der Waals surface area contributed by atoms with E-state index in [1.165, 1.54) is 12.1 Å². The first-order valence-corrected chi connectivity index (χ1v) is 7.45. The smallest absolute Gasteiger partial charge is 0.258 e. The first kappa shape index (κ1) is 13.8. The fourth-order valence-electron chi connectivity index (χ4n) is 3.09. The van der Waals surface area contributed by atoms with Crippen LogP contribution in [0.2, 0.25) is 0 Å². The maximum absolute atomic E-state index is 13.5. The predicted octanol–water partition coefficient (Wildman–Crippen LogP) is 3.89. The molecule has 3 aromatic carbocycles. The highest BCUT2D eigenvalue weighted by Crippen LogP contribution is 2.30. The highest BCUT2D eigenvalue weighted by Gasteiger charge is 2.26. The predicted molar refractivity (Wildman–Crippen MR) is 87.4 cm³/mol. The standard InChI is InChI=1S/C19H14FNO2/c20-16-5-3-13-7-8-21(18(13)11-16)19(23)14-2-1-12-4-6-17(22)10-15(12)9-14/h1-6,9-11,22H,7-8H2. The number of carbonyl (C=O) groups excluding carboxylic acids is 1. The van der Waals surface area contributed by atoms with Crippen molar-refractivity contribution in [3.05, 3.63) is 71.5 Å². The average Bonchev–Trinajstić information content (AvgIpc) is 2.96. The number of carbonyl (C=O) groups is 1. The van der Waals surface area contributed by atoms with E-state index in [0.29, 0.717) is 17.8 Å². The Kier molecular flexibility index (Phi) is 3.05. The molecule has 3 nitrogen and oxygen atoms in total. The molecule has 0 aliphatic carbocycles. The number of benzene rings is 3. The van der Waals surface area contributed by atoms with Gasteiger partial charge >= 0.3 is 0 Å². The molecule has 1 amide bonds. The molecule has 0 aromatic heterocycles. The van der Waals surface area contributed by atoms with E-state index in [9.17, 15) is 14.3 Å². The van der Waals surface area contributed by atoms with Gasteiger partial charge in [-0.15, -0.1) is 0 Å². The quantitative estimate of drug-likeness (QED) is 0.741. The molecular formula is C19H14FNO2. The van der Waals surface area contributed by atoms with Gasteiger partial charge in [0.25, 0.3) is 5.91 Å². The molecule has 0 fully saturated rings. The van der Waals surface area contributed by atoms with Gasteiger partial charge < -0.3 is 10.0 Å². The third-order valence-corrected chi connectivity index (χ3v) is 4.26. The van der Waals surface area contributed by atoms with Gasteiger partial charge in [-0.1, -0.05) is 18.2 Å². The van der Waals surface area contributed by atoms with E-state index in [-0.39, 0.29) is 17.5 Å². The van der Waals surface area contributed by atoms with Crippen molar-refractivity contribution < 1.29 is 14.3 Å². The minimum Gasteiger partial charge on any atom is -0.508 e. The summed E-state index contributed by atoms with van der Waals surface area (Å²) in [4.78, 5) is 14.4. The molecule has 4 rings (SSSR count). The second kappa shape index (κ2) is 5.09. The molecule has 1 aliphatic heterocycles. The van der Waals surface area contributed by atoms with Crippen molar-refractivity contribution in [2.75, 3.05) is 11.4 Å². The lowest BCUT2D eigenvalue weighted by Gasteiger charge is -2.17. The highest BCUT2D eigenvalue weighted by atomic mass is 19.1. The number of rotatable bonds is 1. The maximum atomic E-state index is 13.5. The summed E-state index contributed by atoms with van der Waals surface area (Å²) in [6, 6.07) is 15.0. The molecule has 0 atom stereocenters. The molecule has 0 unspecified atom stereocenters. The molecule has 4 heteroatoms. The van der Waals surface area contributed by atoms with Gasteiger partial charge in [0.2, 0.25) is 0 Å². The molecule has 23 heavy (non-hydrogen) atoms. The van der Waals surface area contributed by atoms with Gasteiger partial charge in [0, 0.05) is 12.1 Å². The fourth-order valence-corrected chi connectivity index (χ4v) is 3.09. The van der Waals surface area contributed by atoms with E-state index in [4.69, 9.17) is 0 Å². The van der Waals surface area contributed by atoms with Gasteiger partial charge in [-0.25, -0.2) is 4.39 Å². The summed E-state index contributed by atoms with van der Waals surface area (Å²) in [6.45, 7) is 0.551. The Balaban J connectivity index is 1.74. The van der Waals surface area contributed by atoms with Gasteiger partial charge in [0.15, 0.2) is 0 Å². The molecular weight excluding hydrogens is 293 g/mol. The van der Waals surface area contributed by atoms with E-state index < -0.39 is 0 Å². The molecule has 0 saturated heterocycles. The number of nitrogens with zero attached hydrogens (tertiary/aromatic N) is 1. The Hall–Kier alpha value is -2.88. The first-order chi connectivity index (χ1) is 11.1. The molecule has 1 N–H and O–H groups in total. The van der Waals surface area contributed by atoms with Crippen LogP contribution >= 0.6 is 0 Å². The minimum atomic E-state index is -0.341. The topological polar surface area (TPSA) is 40.5 Å². The van der Waals surface area contributed by atoms with Crippen molar-refractivity contribution in [3.63, 3.8) is 0 Å². The number of halogens is 1.